The number of aliphatic carboxylic acids is 1. The number of rotatable bonds is 7. The van der Waals surface area contributed by atoms with Crippen LogP contribution >= 0.6 is 23.2 Å². The monoisotopic (exact) mass is 467 g/mol. The SMILES string of the molecule is O=C(O)C(Cc1ccccc1)N(Cc1cc2ccccc2o1)C(=O)c1ccc(Cl)cc1Cl. The minimum Gasteiger partial charge on any atom is -0.480 e. The van der Waals surface area contributed by atoms with Crippen LogP contribution in [0.3, 0.4) is 0 Å². The van der Waals surface area contributed by atoms with E-state index in [4.69, 9.17) is 27.6 Å². The number of nitrogens with zero attached hydrogens (tertiary/aromatic N) is 1. The van der Waals surface area contributed by atoms with Gasteiger partial charge >= 0.3 is 5.97 Å². The number of carboxylic acid groups (broad SMARTS) is 1. The Labute approximate surface area is 194 Å². The van der Waals surface area contributed by atoms with E-state index < -0.39 is 17.9 Å². The lowest BCUT2D eigenvalue weighted by atomic mass is 10.0. The van der Waals surface area contributed by atoms with Gasteiger partial charge < -0.3 is 14.4 Å². The van der Waals surface area contributed by atoms with E-state index in [1.807, 2.05) is 54.6 Å². The lowest BCUT2D eigenvalue weighted by Gasteiger charge is -2.29. The van der Waals surface area contributed by atoms with E-state index in [9.17, 15) is 14.7 Å². The number of hydrogen-bond acceptors (Lipinski definition) is 3. The first-order valence-electron chi connectivity index (χ1n) is 9.92. The summed E-state index contributed by atoms with van der Waals surface area (Å²) in [5, 5.41) is 11.5. The highest BCUT2D eigenvalue weighted by Crippen LogP contribution is 2.26. The van der Waals surface area contributed by atoms with Crippen molar-refractivity contribution in [3.63, 3.8) is 0 Å². The lowest BCUT2D eigenvalue weighted by molar-refractivity contribution is -0.142. The fourth-order valence-electron chi connectivity index (χ4n) is 3.59. The molecule has 3 aromatic carbocycles. The average Bonchev–Trinajstić information content (AvgIpc) is 3.19. The molecule has 1 unspecified atom stereocenters. The quantitative estimate of drug-likeness (QED) is 0.357. The van der Waals surface area contributed by atoms with Gasteiger partial charge in [-0.2, -0.15) is 0 Å². The van der Waals surface area contributed by atoms with Crippen molar-refractivity contribution in [1.82, 2.24) is 4.90 Å². The zero-order valence-electron chi connectivity index (χ0n) is 16.9. The van der Waals surface area contributed by atoms with Gasteiger partial charge in [-0.3, -0.25) is 4.79 Å². The Morgan fingerprint density at radius 3 is 2.34 bits per heavy atom. The third kappa shape index (κ3) is 4.79. The Hall–Kier alpha value is -3.28. The maximum Gasteiger partial charge on any atom is 0.326 e. The van der Waals surface area contributed by atoms with E-state index in [1.165, 1.54) is 17.0 Å². The summed E-state index contributed by atoms with van der Waals surface area (Å²) < 4.78 is 5.87. The third-order valence-corrected chi connectivity index (χ3v) is 5.71. The molecule has 32 heavy (non-hydrogen) atoms. The van der Waals surface area contributed by atoms with Crippen LogP contribution in [0.2, 0.25) is 10.0 Å². The zero-order chi connectivity index (χ0) is 22.7. The molecule has 7 heteroatoms. The standard InChI is InChI=1S/C25H19Cl2NO4/c26-18-10-11-20(21(27)14-18)24(29)28(15-19-13-17-8-4-5-9-23(17)32-19)22(25(30)31)12-16-6-2-1-3-7-16/h1-11,13-14,22H,12,15H2,(H,30,31). The molecule has 162 valence electrons. The van der Waals surface area contributed by atoms with Crippen LogP contribution in [0.15, 0.2) is 83.3 Å². The third-order valence-electron chi connectivity index (χ3n) is 5.16. The first-order chi connectivity index (χ1) is 15.4. The Balaban J connectivity index is 1.74. The van der Waals surface area contributed by atoms with Crippen LogP contribution in [0.5, 0.6) is 0 Å². The van der Waals surface area contributed by atoms with Crippen LogP contribution in [0, 0.1) is 0 Å². The largest absolute Gasteiger partial charge is 0.480 e. The van der Waals surface area contributed by atoms with Crippen molar-refractivity contribution in [3.05, 3.63) is 106 Å². The second kappa shape index (κ2) is 9.47. The van der Waals surface area contributed by atoms with Gasteiger partial charge in [0.25, 0.3) is 5.91 Å². The molecule has 0 aliphatic rings. The summed E-state index contributed by atoms with van der Waals surface area (Å²) in [6.07, 6.45) is 0.132. The Kier molecular flexibility index (Phi) is 6.49. The van der Waals surface area contributed by atoms with Gasteiger partial charge in [-0.05, 0) is 35.9 Å². The molecule has 0 saturated heterocycles. The van der Waals surface area contributed by atoms with Crippen molar-refractivity contribution < 1.29 is 19.1 Å². The van der Waals surface area contributed by atoms with Crippen molar-refractivity contribution >= 4 is 46.0 Å². The molecule has 0 aliphatic carbocycles. The molecule has 0 radical (unpaired) electrons. The fraction of sp³-hybridized carbons (Fsp3) is 0.120. The van der Waals surface area contributed by atoms with Crippen LogP contribution in [-0.2, 0) is 17.8 Å². The van der Waals surface area contributed by atoms with Gasteiger partial charge in [0, 0.05) is 16.8 Å². The summed E-state index contributed by atoms with van der Waals surface area (Å²) >= 11 is 12.3. The lowest BCUT2D eigenvalue weighted by Crippen LogP contribution is -2.46. The molecule has 4 rings (SSSR count). The van der Waals surface area contributed by atoms with Gasteiger partial charge in [0.15, 0.2) is 0 Å². The molecule has 0 spiro atoms. The summed E-state index contributed by atoms with van der Waals surface area (Å²) in [4.78, 5) is 27.1. The topological polar surface area (TPSA) is 70.8 Å². The molecule has 0 bridgehead atoms. The first kappa shape index (κ1) is 21.9. The highest BCUT2D eigenvalue weighted by atomic mass is 35.5. The number of carbonyl (C=O) groups excluding carboxylic acids is 1. The Morgan fingerprint density at radius 2 is 1.66 bits per heavy atom. The van der Waals surface area contributed by atoms with Crippen molar-refractivity contribution in [3.8, 4) is 0 Å². The average molecular weight is 468 g/mol. The van der Waals surface area contributed by atoms with E-state index in [0.29, 0.717) is 16.4 Å². The van der Waals surface area contributed by atoms with Crippen LogP contribution in [0.1, 0.15) is 21.7 Å². The molecule has 0 fully saturated rings. The maximum atomic E-state index is 13.5. The molecule has 0 saturated carbocycles. The summed E-state index contributed by atoms with van der Waals surface area (Å²) in [5.41, 5.74) is 1.63. The predicted molar refractivity (Wildman–Crippen MR) is 124 cm³/mol. The number of para-hydroxylation sites is 1. The van der Waals surface area contributed by atoms with Crippen LogP contribution in [-0.4, -0.2) is 27.9 Å². The molecule has 5 nitrogen and oxygen atoms in total. The number of halogens is 2. The summed E-state index contributed by atoms with van der Waals surface area (Å²) in [5.74, 6) is -1.16. The van der Waals surface area contributed by atoms with Crippen molar-refractivity contribution in [2.24, 2.45) is 0 Å². The molecule has 1 heterocycles. The van der Waals surface area contributed by atoms with Crippen molar-refractivity contribution in [2.45, 2.75) is 19.0 Å². The van der Waals surface area contributed by atoms with Gasteiger partial charge in [0.2, 0.25) is 0 Å². The van der Waals surface area contributed by atoms with Gasteiger partial charge in [0.1, 0.15) is 17.4 Å². The van der Waals surface area contributed by atoms with Gasteiger partial charge in [-0.25, -0.2) is 4.79 Å². The second-order valence-corrected chi connectivity index (χ2v) is 8.20. The van der Waals surface area contributed by atoms with Gasteiger partial charge in [-0.1, -0.05) is 71.7 Å². The summed E-state index contributed by atoms with van der Waals surface area (Å²) in [6, 6.07) is 21.8. The highest BCUT2D eigenvalue weighted by Gasteiger charge is 2.32. The van der Waals surface area contributed by atoms with E-state index in [-0.39, 0.29) is 23.6 Å². The Morgan fingerprint density at radius 1 is 0.938 bits per heavy atom. The molecule has 4 aromatic rings. The van der Waals surface area contributed by atoms with E-state index in [2.05, 4.69) is 0 Å². The van der Waals surface area contributed by atoms with Crippen LogP contribution < -0.4 is 0 Å². The molecule has 1 aromatic heterocycles. The van der Waals surface area contributed by atoms with E-state index in [0.717, 1.165) is 10.9 Å². The van der Waals surface area contributed by atoms with Gasteiger partial charge in [-0.15, -0.1) is 0 Å². The first-order valence-corrected chi connectivity index (χ1v) is 10.7. The maximum absolute atomic E-state index is 13.5. The summed E-state index contributed by atoms with van der Waals surface area (Å²) in [7, 11) is 0. The minimum atomic E-state index is -1.13. The highest BCUT2D eigenvalue weighted by molar-refractivity contribution is 6.36. The van der Waals surface area contributed by atoms with Crippen molar-refractivity contribution in [1.29, 1.82) is 0 Å². The minimum absolute atomic E-state index is 0.0315. The number of benzene rings is 3. The number of carbonyl (C=O) groups is 2. The van der Waals surface area contributed by atoms with E-state index >= 15 is 0 Å². The zero-order valence-corrected chi connectivity index (χ0v) is 18.4. The normalized spacial score (nSPS) is 11.9. The smallest absolute Gasteiger partial charge is 0.326 e. The van der Waals surface area contributed by atoms with E-state index in [1.54, 1.807) is 12.1 Å². The number of fused-ring (bicyclic) bond motifs is 1. The summed E-state index contributed by atoms with van der Waals surface area (Å²) in [6.45, 7) is -0.0315. The van der Waals surface area contributed by atoms with Crippen LogP contribution in [0.25, 0.3) is 11.0 Å². The number of amides is 1. The van der Waals surface area contributed by atoms with Gasteiger partial charge in [0.05, 0.1) is 17.1 Å². The molecule has 1 amide bonds. The number of hydrogen-bond donors (Lipinski definition) is 1. The van der Waals surface area contributed by atoms with Crippen LogP contribution in [0.4, 0.5) is 0 Å². The Bertz CT molecular complexity index is 1240. The fourth-order valence-corrected chi connectivity index (χ4v) is 4.08. The molecule has 0 aliphatic heterocycles. The number of furan rings is 1. The van der Waals surface area contributed by atoms with Crippen molar-refractivity contribution in [2.75, 3.05) is 0 Å². The second-order valence-electron chi connectivity index (χ2n) is 7.35. The molecular weight excluding hydrogens is 449 g/mol. The number of carboxylic acids is 1. The molecular formula is C25H19Cl2NO4. The molecule has 1 atom stereocenters. The predicted octanol–water partition coefficient (Wildman–Crippen LogP) is 6.08. The molecule has 1 N–H and O–H groups in total.